The van der Waals surface area contributed by atoms with Crippen molar-refractivity contribution in [3.05, 3.63) is 0 Å². The van der Waals surface area contributed by atoms with E-state index in [1.54, 1.807) is 7.05 Å². The van der Waals surface area contributed by atoms with Gasteiger partial charge in [-0.25, -0.2) is 13.1 Å². The molecule has 0 aromatic carbocycles. The quantitative estimate of drug-likeness (QED) is 0.213. The van der Waals surface area contributed by atoms with Crippen LogP contribution >= 0.6 is 24.0 Å². The number of rotatable bonds is 7. The first-order valence-electron chi connectivity index (χ1n) is 9.59. The average Bonchev–Trinajstić information content (AvgIpc) is 2.62. The van der Waals surface area contributed by atoms with Crippen molar-refractivity contribution in [3.63, 3.8) is 0 Å². The maximum atomic E-state index is 11.1. The SMILES string of the molecule is CN=C(NCCNS(C)(=O)=O)NCC1(N2CCCCC2)CCCCC1.I. The molecular weight excluding hydrogens is 465 g/mol. The lowest BCUT2D eigenvalue weighted by atomic mass is 9.79. The van der Waals surface area contributed by atoms with Crippen molar-refractivity contribution < 1.29 is 8.42 Å². The number of nitrogens with zero attached hydrogens (tertiary/aromatic N) is 2. The molecule has 3 N–H and O–H groups in total. The monoisotopic (exact) mass is 501 g/mol. The van der Waals surface area contributed by atoms with Gasteiger partial charge in [0, 0.05) is 32.2 Å². The third-order valence-corrected chi connectivity index (χ3v) is 6.13. The Balaban J connectivity index is 0.00000338. The minimum atomic E-state index is -3.14. The highest BCUT2D eigenvalue weighted by Gasteiger charge is 2.38. The van der Waals surface area contributed by atoms with Crippen molar-refractivity contribution in [1.29, 1.82) is 0 Å². The van der Waals surface area contributed by atoms with Crippen molar-refractivity contribution in [2.45, 2.75) is 56.9 Å². The van der Waals surface area contributed by atoms with Crippen LogP contribution in [0.3, 0.4) is 0 Å². The highest BCUT2D eigenvalue weighted by atomic mass is 127. The zero-order valence-electron chi connectivity index (χ0n) is 16.2. The van der Waals surface area contributed by atoms with Crippen LogP contribution in [0.2, 0.25) is 0 Å². The van der Waals surface area contributed by atoms with E-state index in [0.717, 1.165) is 12.5 Å². The smallest absolute Gasteiger partial charge is 0.208 e. The van der Waals surface area contributed by atoms with E-state index in [1.807, 2.05) is 0 Å². The molecule has 1 saturated carbocycles. The topological polar surface area (TPSA) is 85.8 Å². The van der Waals surface area contributed by atoms with Crippen molar-refractivity contribution in [1.82, 2.24) is 20.3 Å². The predicted molar refractivity (Wildman–Crippen MR) is 119 cm³/mol. The van der Waals surface area contributed by atoms with Gasteiger partial charge in [0.2, 0.25) is 10.0 Å². The highest BCUT2D eigenvalue weighted by Crippen LogP contribution is 2.35. The summed E-state index contributed by atoms with van der Waals surface area (Å²) in [6, 6.07) is 0. The first-order chi connectivity index (χ1) is 12.0. The number of nitrogens with one attached hydrogen (secondary N) is 3. The molecule has 2 fully saturated rings. The summed E-state index contributed by atoms with van der Waals surface area (Å²) in [5.74, 6) is 0.747. The number of hydrogen-bond acceptors (Lipinski definition) is 4. The molecule has 1 aliphatic heterocycles. The number of halogens is 1. The van der Waals surface area contributed by atoms with Crippen LogP contribution in [0, 0.1) is 0 Å². The van der Waals surface area contributed by atoms with Crippen LogP contribution in [-0.2, 0) is 10.0 Å². The molecular formula is C17H36IN5O2S. The molecule has 0 bridgehead atoms. The number of sulfonamides is 1. The van der Waals surface area contributed by atoms with Gasteiger partial charge in [-0.2, -0.15) is 0 Å². The van der Waals surface area contributed by atoms with Gasteiger partial charge in [0.25, 0.3) is 0 Å². The molecule has 0 spiro atoms. The van der Waals surface area contributed by atoms with E-state index < -0.39 is 10.0 Å². The Kier molecular flexibility index (Phi) is 10.7. The Hall–Kier alpha value is -0.130. The van der Waals surface area contributed by atoms with Crippen LogP contribution in [0.4, 0.5) is 0 Å². The first kappa shape index (κ1) is 23.9. The lowest BCUT2D eigenvalue weighted by Crippen LogP contribution is -2.59. The molecule has 0 atom stereocenters. The van der Waals surface area contributed by atoms with Crippen molar-refractivity contribution in [3.8, 4) is 0 Å². The fourth-order valence-electron chi connectivity index (χ4n) is 4.07. The van der Waals surface area contributed by atoms with Gasteiger partial charge in [-0.05, 0) is 38.8 Å². The van der Waals surface area contributed by atoms with Gasteiger partial charge in [-0.15, -0.1) is 24.0 Å². The van der Waals surface area contributed by atoms with Crippen molar-refractivity contribution in [2.75, 3.05) is 46.0 Å². The van der Waals surface area contributed by atoms with E-state index in [4.69, 9.17) is 0 Å². The molecule has 154 valence electrons. The number of aliphatic imine (C=N–C) groups is 1. The Bertz CT molecular complexity index is 529. The Morgan fingerprint density at radius 1 is 1.00 bits per heavy atom. The molecule has 26 heavy (non-hydrogen) atoms. The Morgan fingerprint density at radius 2 is 1.62 bits per heavy atom. The third-order valence-electron chi connectivity index (χ3n) is 5.40. The van der Waals surface area contributed by atoms with Crippen LogP contribution in [-0.4, -0.2) is 70.8 Å². The molecule has 0 aromatic rings. The van der Waals surface area contributed by atoms with Gasteiger partial charge in [0.1, 0.15) is 0 Å². The fraction of sp³-hybridized carbons (Fsp3) is 0.941. The molecule has 2 rings (SSSR count). The summed E-state index contributed by atoms with van der Waals surface area (Å²) in [7, 11) is -1.38. The van der Waals surface area contributed by atoms with Crippen LogP contribution in [0.25, 0.3) is 0 Å². The second kappa shape index (κ2) is 11.7. The van der Waals surface area contributed by atoms with Crippen LogP contribution in [0.5, 0.6) is 0 Å². The fourth-order valence-corrected chi connectivity index (χ4v) is 4.54. The molecule has 9 heteroatoms. The van der Waals surface area contributed by atoms with E-state index in [2.05, 4.69) is 25.2 Å². The summed E-state index contributed by atoms with van der Waals surface area (Å²) in [4.78, 5) is 6.99. The largest absolute Gasteiger partial charge is 0.355 e. The average molecular weight is 501 g/mol. The van der Waals surface area contributed by atoms with Gasteiger partial charge in [-0.3, -0.25) is 9.89 Å². The van der Waals surface area contributed by atoms with Gasteiger partial charge in [0.05, 0.1) is 6.26 Å². The van der Waals surface area contributed by atoms with Crippen molar-refractivity contribution in [2.24, 2.45) is 4.99 Å². The third kappa shape index (κ3) is 7.85. The summed E-state index contributed by atoms with van der Waals surface area (Å²) < 4.78 is 24.7. The summed E-state index contributed by atoms with van der Waals surface area (Å²) >= 11 is 0. The lowest BCUT2D eigenvalue weighted by Gasteiger charge is -2.48. The van der Waals surface area contributed by atoms with E-state index in [1.165, 1.54) is 70.7 Å². The van der Waals surface area contributed by atoms with E-state index in [9.17, 15) is 8.42 Å². The van der Waals surface area contributed by atoms with E-state index in [0.29, 0.717) is 13.1 Å². The molecule has 2 aliphatic rings. The maximum absolute atomic E-state index is 11.1. The summed E-state index contributed by atoms with van der Waals surface area (Å²) in [5, 5.41) is 6.69. The molecule has 0 radical (unpaired) electrons. The van der Waals surface area contributed by atoms with E-state index >= 15 is 0 Å². The zero-order valence-corrected chi connectivity index (χ0v) is 19.4. The molecule has 0 amide bonds. The lowest BCUT2D eigenvalue weighted by molar-refractivity contribution is 0.0368. The van der Waals surface area contributed by atoms with Gasteiger partial charge < -0.3 is 10.6 Å². The minimum absolute atomic E-state index is 0. The number of piperidine rings is 1. The standard InChI is InChI=1S/C17H35N5O2S.HI/c1-18-16(19-11-12-21-25(2,23)24)20-15-17(9-5-3-6-10-17)22-13-7-4-8-14-22;/h21H,3-15H2,1-2H3,(H2,18,19,20);1H. The maximum Gasteiger partial charge on any atom is 0.208 e. The summed E-state index contributed by atoms with van der Waals surface area (Å²) in [6.07, 6.45) is 11.6. The molecule has 7 nitrogen and oxygen atoms in total. The first-order valence-corrected chi connectivity index (χ1v) is 11.5. The van der Waals surface area contributed by atoms with Gasteiger partial charge in [0.15, 0.2) is 5.96 Å². The molecule has 1 aliphatic carbocycles. The minimum Gasteiger partial charge on any atom is -0.355 e. The van der Waals surface area contributed by atoms with Crippen molar-refractivity contribution >= 4 is 40.0 Å². The molecule has 0 aromatic heterocycles. The van der Waals surface area contributed by atoms with Crippen LogP contribution in [0.1, 0.15) is 51.4 Å². The van der Waals surface area contributed by atoms with Crippen LogP contribution in [0.15, 0.2) is 4.99 Å². The predicted octanol–water partition coefficient (Wildman–Crippen LogP) is 1.51. The molecule has 1 heterocycles. The van der Waals surface area contributed by atoms with E-state index in [-0.39, 0.29) is 29.5 Å². The number of likely N-dealkylation sites (tertiary alicyclic amines) is 1. The number of guanidine groups is 1. The van der Waals surface area contributed by atoms with Gasteiger partial charge in [-0.1, -0.05) is 25.7 Å². The number of hydrogen-bond donors (Lipinski definition) is 3. The second-order valence-corrected chi connectivity index (χ2v) is 9.18. The van der Waals surface area contributed by atoms with Gasteiger partial charge >= 0.3 is 0 Å². The Labute approximate surface area is 176 Å². The van der Waals surface area contributed by atoms with Crippen LogP contribution < -0.4 is 15.4 Å². The second-order valence-electron chi connectivity index (χ2n) is 7.35. The zero-order chi connectivity index (χ0) is 18.2. The summed E-state index contributed by atoms with van der Waals surface area (Å²) in [5.41, 5.74) is 0.251. The summed E-state index contributed by atoms with van der Waals surface area (Å²) in [6.45, 7) is 4.21. The molecule has 1 saturated heterocycles. The Morgan fingerprint density at radius 3 is 2.19 bits per heavy atom. The normalized spacial score (nSPS) is 21.7. The molecule has 0 unspecified atom stereocenters. The highest BCUT2D eigenvalue weighted by molar-refractivity contribution is 14.0.